The van der Waals surface area contributed by atoms with Crippen LogP contribution < -0.4 is 10.6 Å². The summed E-state index contributed by atoms with van der Waals surface area (Å²) < 4.78 is 0. The number of carbonyl (C=O) groups is 3. The molecule has 1 saturated heterocycles. The zero-order valence-electron chi connectivity index (χ0n) is 9.74. The summed E-state index contributed by atoms with van der Waals surface area (Å²) in [6.45, 7) is -3.85. The smallest absolute Gasteiger partial charge is 0.328 e. The molecule has 0 unspecified atom stereocenters. The maximum absolute atomic E-state index is 11.8. The Labute approximate surface area is 107 Å². The van der Waals surface area contributed by atoms with Gasteiger partial charge in [-0.2, -0.15) is 0 Å². The molecule has 108 valence electrons. The summed E-state index contributed by atoms with van der Waals surface area (Å²) in [5.74, 6) is -1.09. The van der Waals surface area contributed by atoms with E-state index in [1.165, 1.54) is 0 Å². The molecule has 0 aliphatic carbocycles. The quantitative estimate of drug-likeness (QED) is 0.221. The molecule has 0 radical (unpaired) electrons. The number of hydrogen-bond acceptors (Lipinski definition) is 7. The zero-order chi connectivity index (χ0) is 14.6. The first-order chi connectivity index (χ1) is 8.99. The molecule has 1 aliphatic heterocycles. The summed E-state index contributed by atoms with van der Waals surface area (Å²) >= 11 is 0. The standard InChI is InChI=1S/C8H14N4O7/c13-1-8(11(3-15)6(18)9-2-14)5(17)10-7(19)12(8)4-16/h13-16H,1-4H2,(H,9,18)(H,10,17,19)/t8-/m0/s1. The SMILES string of the molecule is O=C(NCO)N(CO)[C@]1(CO)C(=O)NC(=O)N1CO. The van der Waals surface area contributed by atoms with E-state index >= 15 is 0 Å². The van der Waals surface area contributed by atoms with Crippen molar-refractivity contribution < 1.29 is 34.8 Å². The lowest BCUT2D eigenvalue weighted by Crippen LogP contribution is -2.68. The monoisotopic (exact) mass is 278 g/mol. The molecular weight excluding hydrogens is 264 g/mol. The maximum atomic E-state index is 11.8. The summed E-state index contributed by atoms with van der Waals surface area (Å²) in [5, 5.41) is 39.9. The Morgan fingerprint density at radius 1 is 1.32 bits per heavy atom. The third kappa shape index (κ3) is 2.19. The van der Waals surface area contributed by atoms with Crippen LogP contribution in [0, 0.1) is 0 Å². The molecule has 6 N–H and O–H groups in total. The van der Waals surface area contributed by atoms with Gasteiger partial charge in [0.05, 0.1) is 6.61 Å². The number of aliphatic hydroxyl groups is 4. The van der Waals surface area contributed by atoms with Crippen molar-refractivity contribution in [2.45, 2.75) is 5.66 Å². The Hall–Kier alpha value is -1.95. The first-order valence-electron chi connectivity index (χ1n) is 5.11. The van der Waals surface area contributed by atoms with Crippen LogP contribution in [0.3, 0.4) is 0 Å². The Morgan fingerprint density at radius 2 is 1.95 bits per heavy atom. The second-order valence-electron chi connectivity index (χ2n) is 3.51. The highest BCUT2D eigenvalue weighted by Crippen LogP contribution is 2.25. The molecule has 11 heteroatoms. The van der Waals surface area contributed by atoms with Gasteiger partial charge in [-0.05, 0) is 0 Å². The largest absolute Gasteiger partial charge is 0.391 e. The molecule has 0 bridgehead atoms. The lowest BCUT2D eigenvalue weighted by molar-refractivity contribution is -0.147. The van der Waals surface area contributed by atoms with Gasteiger partial charge in [0.2, 0.25) is 5.66 Å². The summed E-state index contributed by atoms with van der Waals surface area (Å²) in [6.07, 6.45) is 0. The number of rotatable bonds is 5. The van der Waals surface area contributed by atoms with Gasteiger partial charge in [0, 0.05) is 0 Å². The first kappa shape index (κ1) is 15.1. The van der Waals surface area contributed by atoms with Crippen LogP contribution in [-0.4, -0.2) is 80.7 Å². The van der Waals surface area contributed by atoms with Crippen molar-refractivity contribution in [1.82, 2.24) is 20.4 Å². The summed E-state index contributed by atoms with van der Waals surface area (Å²) in [4.78, 5) is 35.7. The minimum absolute atomic E-state index is 0.402. The predicted molar refractivity (Wildman–Crippen MR) is 56.8 cm³/mol. The van der Waals surface area contributed by atoms with E-state index in [-0.39, 0.29) is 0 Å². The number of nitrogens with zero attached hydrogens (tertiary/aromatic N) is 2. The fraction of sp³-hybridized carbons (Fsp3) is 0.625. The number of imide groups is 1. The van der Waals surface area contributed by atoms with E-state index in [0.29, 0.717) is 9.80 Å². The summed E-state index contributed by atoms with van der Waals surface area (Å²) in [6, 6.07) is -2.14. The van der Waals surface area contributed by atoms with Crippen molar-refractivity contribution in [1.29, 1.82) is 0 Å². The van der Waals surface area contributed by atoms with Crippen LogP contribution >= 0.6 is 0 Å². The van der Waals surface area contributed by atoms with E-state index in [9.17, 15) is 19.5 Å². The predicted octanol–water partition coefficient (Wildman–Crippen LogP) is -3.91. The van der Waals surface area contributed by atoms with Gasteiger partial charge in [-0.1, -0.05) is 0 Å². The molecule has 1 atom stereocenters. The number of urea groups is 2. The first-order valence-corrected chi connectivity index (χ1v) is 5.11. The van der Waals surface area contributed by atoms with Gasteiger partial charge in [-0.25, -0.2) is 9.59 Å². The second-order valence-corrected chi connectivity index (χ2v) is 3.51. The average Bonchev–Trinajstić information content (AvgIpc) is 2.62. The van der Waals surface area contributed by atoms with Gasteiger partial charge in [-0.3, -0.25) is 19.9 Å². The lowest BCUT2D eigenvalue weighted by atomic mass is 10.1. The highest BCUT2D eigenvalue weighted by atomic mass is 16.3. The average molecular weight is 278 g/mol. The van der Waals surface area contributed by atoms with Gasteiger partial charge < -0.3 is 25.7 Å². The summed E-state index contributed by atoms with van der Waals surface area (Å²) in [5.41, 5.74) is -2.28. The van der Waals surface area contributed by atoms with Crippen LogP contribution in [0.4, 0.5) is 9.59 Å². The minimum Gasteiger partial charge on any atom is -0.391 e. The molecule has 1 rings (SSSR count). The molecule has 1 aliphatic rings. The number of amides is 5. The Kier molecular flexibility index (Phi) is 4.61. The molecular formula is C8H14N4O7. The van der Waals surface area contributed by atoms with E-state index in [1.807, 2.05) is 5.32 Å². The van der Waals surface area contributed by atoms with E-state index in [2.05, 4.69) is 0 Å². The number of carbonyl (C=O) groups excluding carboxylic acids is 3. The molecule has 0 aromatic rings. The van der Waals surface area contributed by atoms with Crippen LogP contribution in [-0.2, 0) is 4.79 Å². The molecule has 0 saturated carbocycles. The van der Waals surface area contributed by atoms with E-state index in [0.717, 1.165) is 0 Å². The van der Waals surface area contributed by atoms with Crippen LogP contribution in [0.1, 0.15) is 0 Å². The second kappa shape index (κ2) is 5.79. The minimum atomic E-state index is -2.28. The lowest BCUT2D eigenvalue weighted by Gasteiger charge is -2.40. The van der Waals surface area contributed by atoms with Crippen LogP contribution in [0.5, 0.6) is 0 Å². The van der Waals surface area contributed by atoms with Gasteiger partial charge in [0.25, 0.3) is 5.91 Å². The fourth-order valence-corrected chi connectivity index (χ4v) is 1.76. The van der Waals surface area contributed by atoms with Crippen molar-refractivity contribution in [3.8, 4) is 0 Å². The fourth-order valence-electron chi connectivity index (χ4n) is 1.76. The van der Waals surface area contributed by atoms with Gasteiger partial charge in [-0.15, -0.1) is 0 Å². The molecule has 1 fully saturated rings. The maximum Gasteiger partial charge on any atom is 0.328 e. The molecule has 5 amide bonds. The number of aliphatic hydroxyl groups excluding tert-OH is 4. The Morgan fingerprint density at radius 3 is 2.37 bits per heavy atom. The normalized spacial score (nSPS) is 22.4. The van der Waals surface area contributed by atoms with Gasteiger partial charge in [0.15, 0.2) is 0 Å². The molecule has 0 aromatic heterocycles. The van der Waals surface area contributed by atoms with Crippen LogP contribution in [0.15, 0.2) is 0 Å². The summed E-state index contributed by atoms with van der Waals surface area (Å²) in [7, 11) is 0. The van der Waals surface area contributed by atoms with Crippen LogP contribution in [0.25, 0.3) is 0 Å². The molecule has 11 nitrogen and oxygen atoms in total. The van der Waals surface area contributed by atoms with E-state index in [1.54, 1.807) is 5.32 Å². The molecule has 1 heterocycles. The highest BCUT2D eigenvalue weighted by molar-refractivity contribution is 6.08. The van der Waals surface area contributed by atoms with Gasteiger partial charge in [0.1, 0.15) is 20.2 Å². The molecule has 0 aromatic carbocycles. The van der Waals surface area contributed by atoms with Crippen molar-refractivity contribution in [3.05, 3.63) is 0 Å². The Bertz CT molecular complexity index is 389. The van der Waals surface area contributed by atoms with Gasteiger partial charge >= 0.3 is 12.1 Å². The van der Waals surface area contributed by atoms with E-state index in [4.69, 9.17) is 15.3 Å². The third-order valence-corrected chi connectivity index (χ3v) is 2.70. The van der Waals surface area contributed by atoms with Crippen LogP contribution in [0.2, 0.25) is 0 Å². The highest BCUT2D eigenvalue weighted by Gasteiger charge is 2.58. The van der Waals surface area contributed by atoms with Crippen molar-refractivity contribution in [2.75, 3.05) is 26.8 Å². The molecule has 0 spiro atoms. The van der Waals surface area contributed by atoms with Crippen molar-refractivity contribution in [2.24, 2.45) is 0 Å². The number of nitrogens with one attached hydrogen (secondary N) is 2. The third-order valence-electron chi connectivity index (χ3n) is 2.70. The van der Waals surface area contributed by atoms with Crippen molar-refractivity contribution >= 4 is 18.0 Å². The topological polar surface area (TPSA) is 163 Å². The Balaban J connectivity index is 3.22. The van der Waals surface area contributed by atoms with E-state index < -0.39 is 50.4 Å². The number of hydrogen-bond donors (Lipinski definition) is 6. The van der Waals surface area contributed by atoms with Crippen molar-refractivity contribution in [3.63, 3.8) is 0 Å². The molecule has 19 heavy (non-hydrogen) atoms. The zero-order valence-corrected chi connectivity index (χ0v) is 9.74.